The second-order valence-electron chi connectivity index (χ2n) is 4.87. The van der Waals surface area contributed by atoms with Gasteiger partial charge in [0.05, 0.1) is 11.1 Å². The van der Waals surface area contributed by atoms with E-state index in [4.69, 9.17) is 15.9 Å². The molecule has 0 saturated carbocycles. The molecule has 0 unspecified atom stereocenters. The normalized spacial score (nSPS) is 9.74. The molecule has 4 heteroatoms. The monoisotopic (exact) mass is 308 g/mol. The van der Waals surface area contributed by atoms with Crippen LogP contribution >= 0.6 is 0 Å². The highest BCUT2D eigenvalue weighted by atomic mass is 16.5. The maximum atomic E-state index is 12.0. The molecule has 2 aromatic carbocycles. The molecule has 0 aliphatic heterocycles. The summed E-state index contributed by atoms with van der Waals surface area (Å²) in [6.45, 7) is 2.12. The number of hydrogen-bond donors (Lipinski definition) is 0. The lowest BCUT2D eigenvalue weighted by atomic mass is 10.1. The zero-order valence-corrected chi connectivity index (χ0v) is 12.7. The van der Waals surface area contributed by atoms with Crippen molar-refractivity contribution < 1.29 is 19.1 Å². The summed E-state index contributed by atoms with van der Waals surface area (Å²) < 4.78 is 10.2. The van der Waals surface area contributed by atoms with Gasteiger partial charge >= 0.3 is 11.9 Å². The van der Waals surface area contributed by atoms with E-state index >= 15 is 0 Å². The van der Waals surface area contributed by atoms with E-state index in [9.17, 15) is 9.59 Å². The van der Waals surface area contributed by atoms with Crippen molar-refractivity contribution in [2.45, 2.75) is 13.3 Å². The van der Waals surface area contributed by atoms with Gasteiger partial charge in [-0.3, -0.25) is 0 Å². The molecule has 2 rings (SSSR count). The van der Waals surface area contributed by atoms with Crippen LogP contribution in [0.4, 0.5) is 0 Å². The van der Waals surface area contributed by atoms with Gasteiger partial charge in [-0.05, 0) is 43.3 Å². The molecule has 2 aromatic rings. The Morgan fingerprint density at radius 2 is 1.52 bits per heavy atom. The highest BCUT2D eigenvalue weighted by molar-refractivity contribution is 5.92. The predicted molar refractivity (Wildman–Crippen MR) is 86.3 cm³/mol. The molecule has 0 aliphatic carbocycles. The highest BCUT2D eigenvalue weighted by Gasteiger charge is 2.10. The fourth-order valence-corrected chi connectivity index (χ4v) is 1.80. The average molecular weight is 308 g/mol. The summed E-state index contributed by atoms with van der Waals surface area (Å²) in [6, 6.07) is 13.3. The molecule has 116 valence electrons. The van der Waals surface area contributed by atoms with Crippen LogP contribution in [0.1, 0.15) is 32.7 Å². The number of ether oxygens (including phenoxy) is 2. The smallest absolute Gasteiger partial charge is 0.343 e. The summed E-state index contributed by atoms with van der Waals surface area (Å²) in [5.74, 6) is 1.84. The van der Waals surface area contributed by atoms with Crippen LogP contribution in [0.3, 0.4) is 0 Å². The minimum absolute atomic E-state index is 0.180. The number of aryl methyl sites for hydroxylation is 1. The Morgan fingerprint density at radius 3 is 2.13 bits per heavy atom. The first-order chi connectivity index (χ1) is 11.1. The van der Waals surface area contributed by atoms with Crippen LogP contribution in [0, 0.1) is 19.3 Å². The molecule has 0 N–H and O–H groups in total. The summed E-state index contributed by atoms with van der Waals surface area (Å²) in [4.78, 5) is 23.7. The van der Waals surface area contributed by atoms with Gasteiger partial charge < -0.3 is 9.47 Å². The molecule has 0 amide bonds. The molecule has 0 aliphatic rings. The lowest BCUT2D eigenvalue weighted by Crippen LogP contribution is -2.09. The van der Waals surface area contributed by atoms with Crippen molar-refractivity contribution in [1.82, 2.24) is 0 Å². The van der Waals surface area contributed by atoms with Crippen molar-refractivity contribution in [3.63, 3.8) is 0 Å². The van der Waals surface area contributed by atoms with E-state index in [1.165, 1.54) is 12.1 Å². The van der Waals surface area contributed by atoms with Gasteiger partial charge in [-0.2, -0.15) is 0 Å². The van der Waals surface area contributed by atoms with Crippen molar-refractivity contribution >= 4 is 11.9 Å². The van der Waals surface area contributed by atoms with Crippen molar-refractivity contribution in [2.24, 2.45) is 0 Å². The minimum atomic E-state index is -0.461. The van der Waals surface area contributed by atoms with Crippen LogP contribution in [0.25, 0.3) is 0 Å². The van der Waals surface area contributed by atoms with Crippen molar-refractivity contribution in [1.29, 1.82) is 0 Å². The molecule has 0 radical (unpaired) electrons. The number of terminal acetylenes is 1. The second kappa shape index (κ2) is 7.81. The molecule has 23 heavy (non-hydrogen) atoms. The highest BCUT2D eigenvalue weighted by Crippen LogP contribution is 2.15. The first kappa shape index (κ1) is 16.3. The molecule has 0 heterocycles. The quantitative estimate of drug-likeness (QED) is 0.368. The SMILES string of the molecule is C#CCCOC(=O)c1ccc(OC(=O)c2ccc(C)cc2)cc1. The molecular formula is C19H16O4. The van der Waals surface area contributed by atoms with Gasteiger partial charge in [-0.15, -0.1) is 12.3 Å². The summed E-state index contributed by atoms with van der Waals surface area (Å²) in [7, 11) is 0. The second-order valence-corrected chi connectivity index (χ2v) is 4.87. The summed E-state index contributed by atoms with van der Waals surface area (Å²) in [6.07, 6.45) is 5.46. The van der Waals surface area contributed by atoms with Gasteiger partial charge in [0.25, 0.3) is 0 Å². The molecular weight excluding hydrogens is 292 g/mol. The lowest BCUT2D eigenvalue weighted by Gasteiger charge is -2.06. The van der Waals surface area contributed by atoms with E-state index in [2.05, 4.69) is 5.92 Å². The number of rotatable bonds is 5. The first-order valence-electron chi connectivity index (χ1n) is 7.09. The molecule has 0 fully saturated rings. The van der Waals surface area contributed by atoms with Crippen LogP contribution in [-0.2, 0) is 4.74 Å². The van der Waals surface area contributed by atoms with Gasteiger partial charge in [0.15, 0.2) is 0 Å². The van der Waals surface area contributed by atoms with Crippen molar-refractivity contribution in [3.8, 4) is 18.1 Å². The topological polar surface area (TPSA) is 52.6 Å². The maximum Gasteiger partial charge on any atom is 0.343 e. The van der Waals surface area contributed by atoms with Crippen molar-refractivity contribution in [2.75, 3.05) is 6.61 Å². The van der Waals surface area contributed by atoms with Crippen LogP contribution in [-0.4, -0.2) is 18.5 Å². The van der Waals surface area contributed by atoms with Crippen LogP contribution in [0.5, 0.6) is 5.75 Å². The van der Waals surface area contributed by atoms with E-state index < -0.39 is 11.9 Å². The Bertz CT molecular complexity index is 721. The van der Waals surface area contributed by atoms with Gasteiger partial charge in [-0.1, -0.05) is 17.7 Å². The number of esters is 2. The van der Waals surface area contributed by atoms with Crippen LogP contribution < -0.4 is 4.74 Å². The predicted octanol–water partition coefficient (Wildman–Crippen LogP) is 3.39. The number of carbonyl (C=O) groups excluding carboxylic acids is 2. The number of benzene rings is 2. The van der Waals surface area contributed by atoms with Crippen LogP contribution in [0.15, 0.2) is 48.5 Å². The minimum Gasteiger partial charge on any atom is -0.461 e. The van der Waals surface area contributed by atoms with E-state index in [1.54, 1.807) is 24.3 Å². The Labute approximate surface area is 135 Å². The van der Waals surface area contributed by atoms with Gasteiger partial charge in [0.2, 0.25) is 0 Å². The molecule has 4 nitrogen and oxygen atoms in total. The molecule has 0 spiro atoms. The van der Waals surface area contributed by atoms with E-state index in [0.29, 0.717) is 23.3 Å². The standard InChI is InChI=1S/C19H16O4/c1-3-4-13-22-18(20)15-9-11-17(12-10-15)23-19(21)16-7-5-14(2)6-8-16/h1,5-12H,4,13H2,2H3. The molecule has 0 bridgehead atoms. The average Bonchev–Trinajstić information content (AvgIpc) is 2.56. The summed E-state index contributed by atoms with van der Waals surface area (Å²) in [5, 5.41) is 0. The largest absolute Gasteiger partial charge is 0.461 e. The van der Waals surface area contributed by atoms with Gasteiger partial charge in [-0.25, -0.2) is 9.59 Å². The van der Waals surface area contributed by atoms with Gasteiger partial charge in [0, 0.05) is 6.42 Å². The van der Waals surface area contributed by atoms with Crippen molar-refractivity contribution in [3.05, 3.63) is 65.2 Å². The Kier molecular flexibility index (Phi) is 5.54. The maximum absolute atomic E-state index is 12.0. The fourth-order valence-electron chi connectivity index (χ4n) is 1.80. The molecule has 0 saturated heterocycles. The third-order valence-corrected chi connectivity index (χ3v) is 3.07. The Morgan fingerprint density at radius 1 is 0.957 bits per heavy atom. The molecule has 0 atom stereocenters. The van der Waals surface area contributed by atoms with Gasteiger partial charge in [0.1, 0.15) is 12.4 Å². The van der Waals surface area contributed by atoms with E-state index in [0.717, 1.165) is 5.56 Å². The summed E-state index contributed by atoms with van der Waals surface area (Å²) in [5.41, 5.74) is 1.90. The van der Waals surface area contributed by atoms with E-state index in [-0.39, 0.29) is 6.61 Å². The number of carbonyl (C=O) groups is 2. The molecule has 0 aromatic heterocycles. The first-order valence-corrected chi connectivity index (χ1v) is 7.09. The lowest BCUT2D eigenvalue weighted by molar-refractivity contribution is 0.0513. The third-order valence-electron chi connectivity index (χ3n) is 3.07. The zero-order chi connectivity index (χ0) is 16.7. The van der Waals surface area contributed by atoms with Crippen LogP contribution in [0.2, 0.25) is 0 Å². The fraction of sp³-hybridized carbons (Fsp3) is 0.158. The Balaban J connectivity index is 1.97. The number of hydrogen-bond acceptors (Lipinski definition) is 4. The summed E-state index contributed by atoms with van der Waals surface area (Å²) >= 11 is 0. The van der Waals surface area contributed by atoms with E-state index in [1.807, 2.05) is 19.1 Å². The third kappa shape index (κ3) is 4.72. The zero-order valence-electron chi connectivity index (χ0n) is 12.7. The Hall–Kier alpha value is -3.06.